The van der Waals surface area contributed by atoms with E-state index in [1.54, 1.807) is 11.6 Å². The number of hydrogen-bond acceptors (Lipinski definition) is 3. The molecule has 0 aromatic carbocycles. The molecule has 3 N–H and O–H groups in total. The molecule has 1 aliphatic heterocycles. The number of carbonyl (C=O) groups excluding carboxylic acids is 1. The largest absolute Gasteiger partial charge is 0.367 e. The third-order valence-corrected chi connectivity index (χ3v) is 1.52. The SMILES string of the molecule is NC(=O)[C]1NC=CS1. The van der Waals surface area contributed by atoms with E-state index in [9.17, 15) is 4.79 Å². The van der Waals surface area contributed by atoms with Crippen LogP contribution in [0.1, 0.15) is 0 Å². The van der Waals surface area contributed by atoms with Crippen molar-refractivity contribution >= 4 is 17.7 Å². The van der Waals surface area contributed by atoms with E-state index in [4.69, 9.17) is 5.73 Å². The number of carbonyl (C=O) groups is 1. The van der Waals surface area contributed by atoms with Gasteiger partial charge < -0.3 is 11.1 Å². The average Bonchev–Trinajstić information content (AvgIpc) is 2.12. The third kappa shape index (κ3) is 0.949. The molecule has 1 amide bonds. The number of rotatable bonds is 1. The summed E-state index contributed by atoms with van der Waals surface area (Å²) in [5.41, 5.74) is 4.90. The van der Waals surface area contributed by atoms with Gasteiger partial charge >= 0.3 is 0 Å². The minimum atomic E-state index is -0.403. The summed E-state index contributed by atoms with van der Waals surface area (Å²) in [6.45, 7) is 0. The van der Waals surface area contributed by atoms with Gasteiger partial charge in [0, 0.05) is 6.20 Å². The van der Waals surface area contributed by atoms with E-state index in [0.29, 0.717) is 5.37 Å². The van der Waals surface area contributed by atoms with Gasteiger partial charge in [0.1, 0.15) is 0 Å². The molecule has 0 bridgehead atoms. The molecule has 0 fully saturated rings. The van der Waals surface area contributed by atoms with Crippen LogP contribution in [-0.4, -0.2) is 5.91 Å². The number of amides is 1. The molecule has 0 aromatic rings. The van der Waals surface area contributed by atoms with Crippen molar-refractivity contribution in [3.05, 3.63) is 17.0 Å². The van der Waals surface area contributed by atoms with Crippen molar-refractivity contribution in [3.8, 4) is 0 Å². The maximum Gasteiger partial charge on any atom is 0.258 e. The van der Waals surface area contributed by atoms with Gasteiger partial charge in [0.2, 0.25) is 5.37 Å². The van der Waals surface area contributed by atoms with Gasteiger partial charge in [0.15, 0.2) is 0 Å². The van der Waals surface area contributed by atoms with Crippen LogP contribution in [0.15, 0.2) is 11.6 Å². The number of nitrogens with one attached hydrogen (secondary N) is 1. The summed E-state index contributed by atoms with van der Waals surface area (Å²) < 4.78 is 0. The first-order valence-corrected chi connectivity index (χ1v) is 2.93. The van der Waals surface area contributed by atoms with E-state index in [1.807, 2.05) is 0 Å². The monoisotopic (exact) mass is 129 g/mol. The van der Waals surface area contributed by atoms with Crippen LogP contribution in [0.25, 0.3) is 0 Å². The number of nitrogens with two attached hydrogens (primary N) is 1. The van der Waals surface area contributed by atoms with E-state index in [0.717, 1.165) is 0 Å². The highest BCUT2D eigenvalue weighted by Crippen LogP contribution is 2.21. The zero-order valence-electron chi connectivity index (χ0n) is 4.05. The van der Waals surface area contributed by atoms with Crippen LogP contribution in [0, 0.1) is 5.37 Å². The van der Waals surface area contributed by atoms with Crippen LogP contribution in [-0.2, 0) is 4.79 Å². The van der Waals surface area contributed by atoms with Crippen LogP contribution >= 0.6 is 11.8 Å². The Kier molecular flexibility index (Phi) is 1.43. The lowest BCUT2D eigenvalue weighted by Crippen LogP contribution is -2.25. The second-order valence-corrected chi connectivity index (χ2v) is 2.17. The highest BCUT2D eigenvalue weighted by molar-refractivity contribution is 8.05. The summed E-state index contributed by atoms with van der Waals surface area (Å²) in [5.74, 6) is -0.403. The van der Waals surface area contributed by atoms with E-state index >= 15 is 0 Å². The molecule has 1 radical (unpaired) electrons. The Morgan fingerprint density at radius 1 is 1.88 bits per heavy atom. The van der Waals surface area contributed by atoms with E-state index in [1.165, 1.54) is 11.8 Å². The molecule has 0 saturated heterocycles. The molecule has 1 heterocycles. The minimum absolute atomic E-state index is 0.403. The van der Waals surface area contributed by atoms with Crippen LogP contribution < -0.4 is 11.1 Å². The third-order valence-electron chi connectivity index (χ3n) is 0.692. The Balaban J connectivity index is 2.41. The molecule has 0 aromatic heterocycles. The topological polar surface area (TPSA) is 55.1 Å². The molecule has 8 heavy (non-hydrogen) atoms. The van der Waals surface area contributed by atoms with Gasteiger partial charge in [0.25, 0.3) is 5.91 Å². The second-order valence-electron chi connectivity index (χ2n) is 1.26. The molecule has 1 aliphatic rings. The molecular weight excluding hydrogens is 124 g/mol. The Labute approximate surface area is 51.3 Å². The van der Waals surface area contributed by atoms with Gasteiger partial charge in [-0.3, -0.25) is 4.79 Å². The van der Waals surface area contributed by atoms with E-state index in [-0.39, 0.29) is 0 Å². The number of hydrogen-bond donors (Lipinski definition) is 2. The van der Waals surface area contributed by atoms with Crippen molar-refractivity contribution in [1.29, 1.82) is 0 Å². The Hall–Kier alpha value is -0.640. The lowest BCUT2D eigenvalue weighted by Gasteiger charge is -1.99. The van der Waals surface area contributed by atoms with Gasteiger partial charge in [-0.2, -0.15) is 0 Å². The van der Waals surface area contributed by atoms with Gasteiger partial charge in [-0.15, -0.1) is 0 Å². The fourth-order valence-corrected chi connectivity index (χ4v) is 0.899. The molecule has 0 aliphatic carbocycles. The summed E-state index contributed by atoms with van der Waals surface area (Å²) in [7, 11) is 0. The molecule has 1 rings (SSSR count). The zero-order valence-corrected chi connectivity index (χ0v) is 4.87. The number of primary amides is 1. The Morgan fingerprint density at radius 2 is 2.62 bits per heavy atom. The lowest BCUT2D eigenvalue weighted by molar-refractivity contribution is -0.115. The van der Waals surface area contributed by atoms with Crippen LogP contribution in [0.4, 0.5) is 0 Å². The van der Waals surface area contributed by atoms with Gasteiger partial charge in [0.05, 0.1) is 0 Å². The van der Waals surface area contributed by atoms with Crippen LogP contribution in [0.3, 0.4) is 0 Å². The summed E-state index contributed by atoms with van der Waals surface area (Å²) in [6, 6.07) is 0. The standard InChI is InChI=1S/C4H5N2OS/c5-3(7)4-6-1-2-8-4/h1-2,6H,(H2,5,7). The zero-order chi connectivity index (χ0) is 5.98. The van der Waals surface area contributed by atoms with Crippen molar-refractivity contribution in [2.75, 3.05) is 0 Å². The summed E-state index contributed by atoms with van der Waals surface area (Å²) in [4.78, 5) is 10.3. The first kappa shape index (κ1) is 5.50. The predicted octanol–water partition coefficient (Wildman–Crippen LogP) is -0.231. The predicted molar refractivity (Wildman–Crippen MR) is 32.3 cm³/mol. The maximum atomic E-state index is 10.3. The van der Waals surface area contributed by atoms with Crippen LogP contribution in [0.5, 0.6) is 0 Å². The molecule has 0 spiro atoms. The van der Waals surface area contributed by atoms with E-state index in [2.05, 4.69) is 5.32 Å². The maximum absolute atomic E-state index is 10.3. The van der Waals surface area contributed by atoms with Crippen LogP contribution in [0.2, 0.25) is 0 Å². The highest BCUT2D eigenvalue weighted by Gasteiger charge is 2.16. The summed E-state index contributed by atoms with van der Waals surface area (Å²) in [5, 5.41) is 4.94. The van der Waals surface area contributed by atoms with Gasteiger partial charge in [-0.25, -0.2) is 0 Å². The van der Waals surface area contributed by atoms with Crippen molar-refractivity contribution in [2.24, 2.45) is 5.73 Å². The second kappa shape index (κ2) is 2.09. The summed E-state index contributed by atoms with van der Waals surface area (Å²) in [6.07, 6.45) is 1.67. The molecule has 0 unspecified atom stereocenters. The van der Waals surface area contributed by atoms with E-state index < -0.39 is 5.91 Å². The fraction of sp³-hybridized carbons (Fsp3) is 0. The molecular formula is C4H5N2OS. The van der Waals surface area contributed by atoms with Gasteiger partial charge in [-0.1, -0.05) is 11.8 Å². The Bertz CT molecular complexity index is 126. The highest BCUT2D eigenvalue weighted by atomic mass is 32.2. The molecule has 0 saturated carbocycles. The Morgan fingerprint density at radius 3 is 2.88 bits per heavy atom. The van der Waals surface area contributed by atoms with Crippen molar-refractivity contribution in [2.45, 2.75) is 0 Å². The van der Waals surface area contributed by atoms with Crippen molar-refractivity contribution in [1.82, 2.24) is 5.32 Å². The van der Waals surface area contributed by atoms with Crippen molar-refractivity contribution in [3.63, 3.8) is 0 Å². The molecule has 3 nitrogen and oxygen atoms in total. The first-order valence-electron chi connectivity index (χ1n) is 2.05. The first-order chi connectivity index (χ1) is 3.80. The normalized spacial score (nSPS) is 18.5. The lowest BCUT2D eigenvalue weighted by atomic mass is 10.6. The number of thioether (sulfide) groups is 1. The average molecular weight is 129 g/mol. The summed E-state index contributed by atoms with van der Waals surface area (Å²) >= 11 is 1.30. The molecule has 0 atom stereocenters. The van der Waals surface area contributed by atoms with Gasteiger partial charge in [-0.05, 0) is 5.41 Å². The molecule has 4 heteroatoms. The minimum Gasteiger partial charge on any atom is -0.367 e. The van der Waals surface area contributed by atoms with Crippen molar-refractivity contribution < 1.29 is 4.79 Å². The quantitative estimate of drug-likeness (QED) is 0.514. The molecule has 43 valence electrons. The smallest absolute Gasteiger partial charge is 0.258 e. The fourth-order valence-electron chi connectivity index (χ4n) is 0.375.